The van der Waals surface area contributed by atoms with Gasteiger partial charge in [-0.05, 0) is 23.8 Å². The number of benzene rings is 2. The zero-order valence-corrected chi connectivity index (χ0v) is 10.9. The van der Waals surface area contributed by atoms with Crippen LogP contribution in [0.5, 0.6) is 5.75 Å². The van der Waals surface area contributed by atoms with Gasteiger partial charge in [0.15, 0.2) is 5.78 Å². The molecule has 2 aromatic rings. The van der Waals surface area contributed by atoms with Gasteiger partial charge in [-0.25, -0.2) is 4.39 Å². The van der Waals surface area contributed by atoms with E-state index in [4.69, 9.17) is 9.84 Å². The summed E-state index contributed by atoms with van der Waals surface area (Å²) in [5, 5.41) is 8.82. The number of fused-ring (bicyclic) bond motifs is 2. The van der Waals surface area contributed by atoms with Crippen molar-refractivity contribution in [3.8, 4) is 5.75 Å². The van der Waals surface area contributed by atoms with E-state index in [0.717, 1.165) is 0 Å². The fourth-order valence-electron chi connectivity index (χ4n) is 2.40. The summed E-state index contributed by atoms with van der Waals surface area (Å²) in [4.78, 5) is 23.3. The molecular formula is C16H11FO4. The Morgan fingerprint density at radius 1 is 1.29 bits per heavy atom. The van der Waals surface area contributed by atoms with Gasteiger partial charge in [-0.3, -0.25) is 9.59 Å². The van der Waals surface area contributed by atoms with Crippen molar-refractivity contribution in [1.29, 1.82) is 0 Å². The van der Waals surface area contributed by atoms with Gasteiger partial charge in [0.25, 0.3) is 0 Å². The fraction of sp³-hybridized carbons (Fsp3) is 0.125. The van der Waals surface area contributed by atoms with Gasteiger partial charge >= 0.3 is 5.97 Å². The SMILES string of the molecule is O=C(O)Cc1ccc2c(c1)C(=O)c1c(F)cccc1CO2. The first kappa shape index (κ1) is 13.3. The average Bonchev–Trinajstić information content (AvgIpc) is 2.57. The molecule has 0 atom stereocenters. The number of hydrogen-bond donors (Lipinski definition) is 1. The summed E-state index contributed by atoms with van der Waals surface area (Å²) in [7, 11) is 0. The standard InChI is InChI=1S/C16H11FO4/c17-12-3-1-2-10-8-21-13-5-4-9(7-14(18)19)6-11(13)16(20)15(10)12/h1-6H,7-8H2,(H,18,19). The van der Waals surface area contributed by atoms with Gasteiger partial charge in [0.1, 0.15) is 18.2 Å². The maximum absolute atomic E-state index is 13.9. The van der Waals surface area contributed by atoms with Gasteiger partial charge in [0, 0.05) is 5.56 Å². The number of aliphatic carboxylic acids is 1. The average molecular weight is 286 g/mol. The van der Waals surface area contributed by atoms with Crippen LogP contribution in [0, 0.1) is 5.82 Å². The molecule has 5 heteroatoms. The molecule has 1 aliphatic heterocycles. The summed E-state index contributed by atoms with van der Waals surface area (Å²) in [5.74, 6) is -1.74. The number of hydrogen-bond acceptors (Lipinski definition) is 3. The highest BCUT2D eigenvalue weighted by molar-refractivity contribution is 6.12. The number of carbonyl (C=O) groups is 2. The molecule has 0 unspecified atom stereocenters. The molecule has 1 N–H and O–H groups in total. The normalized spacial score (nSPS) is 12.9. The molecule has 1 aliphatic rings. The lowest BCUT2D eigenvalue weighted by Crippen LogP contribution is -2.07. The Morgan fingerprint density at radius 3 is 2.86 bits per heavy atom. The van der Waals surface area contributed by atoms with Crippen LogP contribution in [-0.2, 0) is 17.8 Å². The second-order valence-electron chi connectivity index (χ2n) is 4.79. The number of carboxylic acids is 1. The molecule has 3 rings (SSSR count). The smallest absolute Gasteiger partial charge is 0.307 e. The minimum Gasteiger partial charge on any atom is -0.488 e. The van der Waals surface area contributed by atoms with Crippen LogP contribution in [-0.4, -0.2) is 16.9 Å². The predicted octanol–water partition coefficient (Wildman–Crippen LogP) is 2.58. The van der Waals surface area contributed by atoms with Crippen molar-refractivity contribution in [3.63, 3.8) is 0 Å². The molecule has 0 aromatic heterocycles. The van der Waals surface area contributed by atoms with Gasteiger partial charge in [-0.2, -0.15) is 0 Å². The quantitative estimate of drug-likeness (QED) is 0.921. The van der Waals surface area contributed by atoms with Gasteiger partial charge in [-0.15, -0.1) is 0 Å². The van der Waals surface area contributed by atoms with Crippen molar-refractivity contribution >= 4 is 11.8 Å². The van der Waals surface area contributed by atoms with Crippen molar-refractivity contribution in [2.45, 2.75) is 13.0 Å². The number of ether oxygens (including phenoxy) is 1. The molecule has 0 fully saturated rings. The first-order valence-electron chi connectivity index (χ1n) is 6.36. The Labute approximate surface area is 119 Å². The summed E-state index contributed by atoms with van der Waals surface area (Å²) in [6.45, 7) is 0.101. The first-order chi connectivity index (χ1) is 10.1. The minimum atomic E-state index is -0.997. The maximum atomic E-state index is 13.9. The second kappa shape index (κ2) is 5.01. The minimum absolute atomic E-state index is 0.0104. The van der Waals surface area contributed by atoms with Crippen molar-refractivity contribution in [2.24, 2.45) is 0 Å². The lowest BCUT2D eigenvalue weighted by molar-refractivity contribution is -0.136. The zero-order chi connectivity index (χ0) is 15.0. The van der Waals surface area contributed by atoms with Gasteiger partial charge < -0.3 is 9.84 Å². The van der Waals surface area contributed by atoms with E-state index in [1.54, 1.807) is 18.2 Å². The number of carboxylic acid groups (broad SMARTS) is 1. The Balaban J connectivity index is 2.12. The Hall–Kier alpha value is -2.69. The lowest BCUT2D eigenvalue weighted by Gasteiger charge is -2.07. The summed E-state index contributed by atoms with van der Waals surface area (Å²) in [5.41, 5.74) is 1.13. The van der Waals surface area contributed by atoms with E-state index in [1.807, 2.05) is 0 Å². The summed E-state index contributed by atoms with van der Waals surface area (Å²) in [6.07, 6.45) is -0.204. The molecule has 0 saturated carbocycles. The largest absolute Gasteiger partial charge is 0.488 e. The molecule has 0 radical (unpaired) electrons. The summed E-state index contributed by atoms with van der Waals surface area (Å²) in [6, 6.07) is 8.98. The molecule has 1 heterocycles. The number of ketones is 1. The zero-order valence-electron chi connectivity index (χ0n) is 10.9. The van der Waals surface area contributed by atoms with Crippen LogP contribution < -0.4 is 4.74 Å². The molecule has 4 nitrogen and oxygen atoms in total. The highest BCUT2D eigenvalue weighted by atomic mass is 19.1. The second-order valence-corrected chi connectivity index (χ2v) is 4.79. The molecular weight excluding hydrogens is 275 g/mol. The highest BCUT2D eigenvalue weighted by Gasteiger charge is 2.25. The van der Waals surface area contributed by atoms with E-state index >= 15 is 0 Å². The third-order valence-corrected chi connectivity index (χ3v) is 3.35. The van der Waals surface area contributed by atoms with E-state index in [2.05, 4.69) is 0 Å². The van der Waals surface area contributed by atoms with E-state index in [1.165, 1.54) is 18.2 Å². The monoisotopic (exact) mass is 286 g/mol. The molecule has 0 saturated heterocycles. The fourth-order valence-corrected chi connectivity index (χ4v) is 2.40. The number of rotatable bonds is 2. The Kier molecular flexibility index (Phi) is 3.17. The van der Waals surface area contributed by atoms with Gasteiger partial charge in [0.05, 0.1) is 17.5 Å². The van der Waals surface area contributed by atoms with Crippen molar-refractivity contribution < 1.29 is 23.8 Å². The number of carbonyl (C=O) groups excluding carboxylic acids is 1. The first-order valence-corrected chi connectivity index (χ1v) is 6.36. The molecule has 106 valence electrons. The van der Waals surface area contributed by atoms with Crippen LogP contribution >= 0.6 is 0 Å². The number of halogens is 1. The maximum Gasteiger partial charge on any atom is 0.307 e. The van der Waals surface area contributed by atoms with E-state index in [9.17, 15) is 14.0 Å². The summed E-state index contributed by atoms with van der Waals surface area (Å²) < 4.78 is 19.5. The molecule has 0 bridgehead atoms. The summed E-state index contributed by atoms with van der Waals surface area (Å²) >= 11 is 0. The van der Waals surface area contributed by atoms with Crippen LogP contribution in [0.2, 0.25) is 0 Å². The van der Waals surface area contributed by atoms with Crippen LogP contribution in [0.15, 0.2) is 36.4 Å². The van der Waals surface area contributed by atoms with Crippen molar-refractivity contribution in [2.75, 3.05) is 0 Å². The van der Waals surface area contributed by atoms with Crippen molar-refractivity contribution in [1.82, 2.24) is 0 Å². The predicted molar refractivity (Wildman–Crippen MR) is 71.9 cm³/mol. The third kappa shape index (κ3) is 2.38. The lowest BCUT2D eigenvalue weighted by atomic mass is 9.97. The molecule has 0 aliphatic carbocycles. The van der Waals surface area contributed by atoms with E-state index < -0.39 is 17.6 Å². The Bertz CT molecular complexity index is 752. The molecule has 0 spiro atoms. The van der Waals surface area contributed by atoms with Gasteiger partial charge in [0.2, 0.25) is 0 Å². The van der Waals surface area contributed by atoms with Crippen molar-refractivity contribution in [3.05, 3.63) is 64.5 Å². The van der Waals surface area contributed by atoms with Crippen LogP contribution in [0.1, 0.15) is 27.0 Å². The van der Waals surface area contributed by atoms with E-state index in [0.29, 0.717) is 16.9 Å². The third-order valence-electron chi connectivity index (χ3n) is 3.35. The highest BCUT2D eigenvalue weighted by Crippen LogP contribution is 2.30. The van der Waals surface area contributed by atoms with Gasteiger partial charge in [-0.1, -0.05) is 18.2 Å². The van der Waals surface area contributed by atoms with Crippen LogP contribution in [0.3, 0.4) is 0 Å². The Morgan fingerprint density at radius 2 is 2.10 bits per heavy atom. The van der Waals surface area contributed by atoms with Crippen LogP contribution in [0.4, 0.5) is 4.39 Å². The molecule has 21 heavy (non-hydrogen) atoms. The molecule has 2 aromatic carbocycles. The van der Waals surface area contributed by atoms with E-state index in [-0.39, 0.29) is 24.2 Å². The van der Waals surface area contributed by atoms with Crippen LogP contribution in [0.25, 0.3) is 0 Å². The molecule has 0 amide bonds. The topological polar surface area (TPSA) is 63.6 Å².